The van der Waals surface area contributed by atoms with Crippen LogP contribution in [0.4, 0.5) is 16.2 Å². The second kappa shape index (κ2) is 9.31. The molecular weight excluding hydrogens is 362 g/mol. The molecule has 0 saturated carbocycles. The summed E-state index contributed by atoms with van der Waals surface area (Å²) < 4.78 is 5.33. The summed E-state index contributed by atoms with van der Waals surface area (Å²) in [5.74, 6) is 0.537. The van der Waals surface area contributed by atoms with E-state index in [4.69, 9.17) is 4.74 Å². The van der Waals surface area contributed by atoms with Gasteiger partial charge in [0.15, 0.2) is 0 Å². The molecule has 2 aromatic rings. The maximum absolute atomic E-state index is 12.0. The lowest BCUT2D eigenvalue weighted by atomic mass is 9.93. The van der Waals surface area contributed by atoms with E-state index in [-0.39, 0.29) is 0 Å². The van der Waals surface area contributed by atoms with Crippen molar-refractivity contribution in [1.29, 1.82) is 0 Å². The lowest BCUT2D eigenvalue weighted by Gasteiger charge is -2.38. The number of piperidine rings is 1. The van der Waals surface area contributed by atoms with Gasteiger partial charge >= 0.3 is 6.09 Å². The minimum absolute atomic E-state index is 0.416. The van der Waals surface area contributed by atoms with Gasteiger partial charge in [-0.25, -0.2) is 4.79 Å². The Kier molecular flexibility index (Phi) is 6.80. The fourth-order valence-corrected chi connectivity index (χ4v) is 3.75. The zero-order valence-corrected chi connectivity index (χ0v) is 17.9. The lowest BCUT2D eigenvalue weighted by molar-refractivity contribution is 0.0636. The molecular formula is C24H33N3O2. The Morgan fingerprint density at radius 2 is 1.83 bits per heavy atom. The van der Waals surface area contributed by atoms with Crippen molar-refractivity contribution in [2.24, 2.45) is 5.92 Å². The average molecular weight is 396 g/mol. The molecule has 156 valence electrons. The van der Waals surface area contributed by atoms with Crippen LogP contribution in [0.3, 0.4) is 0 Å². The number of carbonyl (C=O) groups excluding carboxylic acids is 1. The molecule has 1 saturated heterocycles. The Bertz CT molecular complexity index is 801. The van der Waals surface area contributed by atoms with Gasteiger partial charge in [-0.15, -0.1) is 0 Å². The molecule has 29 heavy (non-hydrogen) atoms. The Hall–Kier alpha value is -2.53. The van der Waals surface area contributed by atoms with Crippen LogP contribution in [-0.2, 0) is 11.3 Å². The summed E-state index contributed by atoms with van der Waals surface area (Å²) in [4.78, 5) is 14.5. The Morgan fingerprint density at radius 3 is 2.52 bits per heavy atom. The van der Waals surface area contributed by atoms with Gasteiger partial charge in [-0.05, 0) is 56.9 Å². The normalized spacial score (nSPS) is 20.1. The molecule has 2 atom stereocenters. The molecule has 0 unspecified atom stereocenters. The predicted molar refractivity (Wildman–Crippen MR) is 119 cm³/mol. The number of carbonyl (C=O) groups is 1. The number of benzene rings is 2. The molecule has 5 nitrogen and oxygen atoms in total. The maximum Gasteiger partial charge on any atom is 0.412 e. The van der Waals surface area contributed by atoms with Crippen molar-refractivity contribution in [3.8, 4) is 0 Å². The van der Waals surface area contributed by atoms with Crippen molar-refractivity contribution in [3.05, 3.63) is 60.2 Å². The summed E-state index contributed by atoms with van der Waals surface area (Å²) in [5.41, 5.74) is 2.61. The molecule has 1 amide bonds. The highest BCUT2D eigenvalue weighted by Gasteiger charge is 2.26. The van der Waals surface area contributed by atoms with Gasteiger partial charge in [0.05, 0.1) is 0 Å². The first-order valence-corrected chi connectivity index (χ1v) is 10.4. The molecule has 1 aliphatic heterocycles. The van der Waals surface area contributed by atoms with Crippen molar-refractivity contribution in [2.45, 2.75) is 52.3 Å². The quantitative estimate of drug-likeness (QED) is 0.716. The van der Waals surface area contributed by atoms with Gasteiger partial charge in [-0.3, -0.25) is 10.2 Å². The Balaban J connectivity index is 1.53. The van der Waals surface area contributed by atoms with E-state index in [1.165, 1.54) is 5.56 Å². The van der Waals surface area contributed by atoms with Crippen LogP contribution in [0.1, 0.15) is 39.7 Å². The van der Waals surface area contributed by atoms with Crippen LogP contribution < -0.4 is 10.6 Å². The number of anilines is 2. The number of ether oxygens (including phenoxy) is 1. The van der Waals surface area contributed by atoms with Crippen LogP contribution in [0, 0.1) is 5.92 Å². The van der Waals surface area contributed by atoms with E-state index in [1.54, 1.807) is 0 Å². The number of hydrogen-bond donors (Lipinski definition) is 2. The van der Waals surface area contributed by atoms with E-state index in [0.717, 1.165) is 37.4 Å². The van der Waals surface area contributed by atoms with E-state index in [1.807, 2.05) is 45.0 Å². The molecule has 0 aromatic heterocycles. The fourth-order valence-electron chi connectivity index (χ4n) is 3.75. The van der Waals surface area contributed by atoms with E-state index in [9.17, 15) is 4.79 Å². The third-order valence-corrected chi connectivity index (χ3v) is 5.10. The van der Waals surface area contributed by atoms with Crippen molar-refractivity contribution < 1.29 is 9.53 Å². The standard InChI is InChI=1S/C24H33N3O2/c1-18-16-27(17-19-9-6-5-7-10-19)14-13-22(18)25-20-11-8-12-21(15-20)26-23(28)29-24(2,3)4/h5-12,15,18,22,25H,13-14,16-17H2,1-4H3,(H,26,28)/t18-,22+/m0/s1. The van der Waals surface area contributed by atoms with Gasteiger partial charge in [0.1, 0.15) is 5.60 Å². The summed E-state index contributed by atoms with van der Waals surface area (Å²) in [5, 5.41) is 6.47. The third-order valence-electron chi connectivity index (χ3n) is 5.10. The van der Waals surface area contributed by atoms with Crippen LogP contribution in [0.5, 0.6) is 0 Å². The maximum atomic E-state index is 12.0. The molecule has 3 rings (SSSR count). The van der Waals surface area contributed by atoms with Gasteiger partial charge in [0, 0.05) is 37.1 Å². The van der Waals surface area contributed by atoms with E-state index >= 15 is 0 Å². The molecule has 2 N–H and O–H groups in total. The van der Waals surface area contributed by atoms with E-state index in [0.29, 0.717) is 12.0 Å². The van der Waals surface area contributed by atoms with E-state index < -0.39 is 11.7 Å². The molecule has 1 fully saturated rings. The number of nitrogens with zero attached hydrogens (tertiary/aromatic N) is 1. The average Bonchev–Trinajstić information content (AvgIpc) is 2.63. The zero-order valence-electron chi connectivity index (χ0n) is 17.9. The Morgan fingerprint density at radius 1 is 1.10 bits per heavy atom. The van der Waals surface area contributed by atoms with Gasteiger partial charge < -0.3 is 10.1 Å². The second-order valence-corrected chi connectivity index (χ2v) is 8.95. The molecule has 0 spiro atoms. The lowest BCUT2D eigenvalue weighted by Crippen LogP contribution is -2.44. The second-order valence-electron chi connectivity index (χ2n) is 8.95. The minimum atomic E-state index is -0.511. The highest BCUT2D eigenvalue weighted by molar-refractivity contribution is 5.85. The van der Waals surface area contributed by atoms with Crippen LogP contribution in [0.2, 0.25) is 0 Å². The summed E-state index contributed by atoms with van der Waals surface area (Å²) in [7, 11) is 0. The van der Waals surface area contributed by atoms with E-state index in [2.05, 4.69) is 52.8 Å². The fraction of sp³-hybridized carbons (Fsp3) is 0.458. The summed E-state index contributed by atoms with van der Waals surface area (Å²) in [6, 6.07) is 18.9. The molecule has 1 heterocycles. The van der Waals surface area contributed by atoms with Crippen LogP contribution in [-0.4, -0.2) is 35.7 Å². The van der Waals surface area contributed by atoms with Crippen molar-refractivity contribution in [1.82, 2.24) is 4.90 Å². The van der Waals surface area contributed by atoms with Crippen molar-refractivity contribution in [3.63, 3.8) is 0 Å². The van der Waals surface area contributed by atoms with Gasteiger partial charge in [0.2, 0.25) is 0 Å². The highest BCUT2D eigenvalue weighted by atomic mass is 16.6. The smallest absolute Gasteiger partial charge is 0.412 e. The van der Waals surface area contributed by atoms with Crippen LogP contribution >= 0.6 is 0 Å². The summed E-state index contributed by atoms with van der Waals surface area (Å²) >= 11 is 0. The minimum Gasteiger partial charge on any atom is -0.444 e. The monoisotopic (exact) mass is 395 g/mol. The number of nitrogens with one attached hydrogen (secondary N) is 2. The third kappa shape index (κ3) is 6.79. The molecule has 0 radical (unpaired) electrons. The molecule has 2 aromatic carbocycles. The first-order chi connectivity index (χ1) is 13.8. The first kappa shape index (κ1) is 21.2. The molecule has 0 bridgehead atoms. The van der Waals surface area contributed by atoms with Crippen molar-refractivity contribution >= 4 is 17.5 Å². The summed E-state index contributed by atoms with van der Waals surface area (Å²) in [6.07, 6.45) is 0.662. The van der Waals surface area contributed by atoms with Crippen LogP contribution in [0.15, 0.2) is 54.6 Å². The topological polar surface area (TPSA) is 53.6 Å². The Labute approximate surface area is 174 Å². The van der Waals surface area contributed by atoms with Gasteiger partial charge in [-0.1, -0.05) is 43.3 Å². The zero-order chi connectivity index (χ0) is 20.9. The highest BCUT2D eigenvalue weighted by Crippen LogP contribution is 2.24. The SMILES string of the molecule is C[C@H]1CN(Cc2ccccc2)CC[C@H]1Nc1cccc(NC(=O)OC(C)(C)C)c1. The van der Waals surface area contributed by atoms with Crippen molar-refractivity contribution in [2.75, 3.05) is 23.7 Å². The van der Waals surface area contributed by atoms with Crippen LogP contribution in [0.25, 0.3) is 0 Å². The first-order valence-electron chi connectivity index (χ1n) is 10.4. The number of hydrogen-bond acceptors (Lipinski definition) is 4. The molecule has 5 heteroatoms. The largest absolute Gasteiger partial charge is 0.444 e. The van der Waals surface area contributed by atoms with Gasteiger partial charge in [0.25, 0.3) is 0 Å². The molecule has 1 aliphatic rings. The number of likely N-dealkylation sites (tertiary alicyclic amines) is 1. The summed E-state index contributed by atoms with van der Waals surface area (Å²) in [6.45, 7) is 11.0. The predicted octanol–water partition coefficient (Wildman–Crippen LogP) is 5.36. The molecule has 0 aliphatic carbocycles. The number of amides is 1. The number of rotatable bonds is 5. The van der Waals surface area contributed by atoms with Gasteiger partial charge in [-0.2, -0.15) is 0 Å².